The predicted octanol–water partition coefficient (Wildman–Crippen LogP) is 2.62. The molecule has 0 amide bonds. The molecule has 0 atom stereocenters. The minimum absolute atomic E-state index is 0.138. The zero-order chi connectivity index (χ0) is 18.0. The van der Waals surface area contributed by atoms with E-state index >= 15 is 0 Å². The molecule has 9 heteroatoms. The maximum Gasteiger partial charge on any atom is 0.271 e. The second kappa shape index (κ2) is 6.69. The van der Waals surface area contributed by atoms with Crippen molar-refractivity contribution in [3.05, 3.63) is 58.4 Å². The molecule has 0 aliphatic carbocycles. The number of thiophene rings is 1. The molecule has 3 aromatic rings. The standard InChI is InChI=1S/C16H15N3O4S2/c1-10-3-5-13(23-2)12(9-10)19-25(21,22)16-8-6-14(24-16)11-4-7-15(20)18-17-11/h3-9,19H,1-2H3,(H,18,20). The molecule has 1 aromatic carbocycles. The number of hydrogen-bond acceptors (Lipinski definition) is 6. The summed E-state index contributed by atoms with van der Waals surface area (Å²) in [6.07, 6.45) is 0. The molecule has 2 heterocycles. The zero-order valence-electron chi connectivity index (χ0n) is 13.4. The van der Waals surface area contributed by atoms with Crippen LogP contribution in [0, 0.1) is 6.92 Å². The number of H-pyrrole nitrogens is 1. The maximum atomic E-state index is 12.6. The number of nitrogens with one attached hydrogen (secondary N) is 2. The molecule has 0 saturated carbocycles. The van der Waals surface area contributed by atoms with Crippen LogP contribution in [-0.4, -0.2) is 25.7 Å². The van der Waals surface area contributed by atoms with E-state index in [1.165, 1.54) is 25.3 Å². The quantitative estimate of drug-likeness (QED) is 0.712. The normalized spacial score (nSPS) is 11.3. The fourth-order valence-corrected chi connectivity index (χ4v) is 4.52. The third-order valence-corrected chi connectivity index (χ3v) is 6.34. The van der Waals surface area contributed by atoms with Crippen LogP contribution in [0.1, 0.15) is 5.56 Å². The van der Waals surface area contributed by atoms with Gasteiger partial charge in [-0.05, 0) is 42.8 Å². The Kier molecular flexibility index (Phi) is 4.60. The first-order chi connectivity index (χ1) is 11.9. The second-order valence-corrected chi connectivity index (χ2v) is 8.23. The Balaban J connectivity index is 1.92. The molecule has 130 valence electrons. The van der Waals surface area contributed by atoms with Crippen molar-refractivity contribution < 1.29 is 13.2 Å². The molecule has 0 bridgehead atoms. The van der Waals surface area contributed by atoms with E-state index in [-0.39, 0.29) is 9.77 Å². The van der Waals surface area contributed by atoms with Crippen molar-refractivity contribution in [3.63, 3.8) is 0 Å². The molecule has 2 N–H and O–H groups in total. The van der Waals surface area contributed by atoms with Gasteiger partial charge in [0.15, 0.2) is 0 Å². The van der Waals surface area contributed by atoms with Gasteiger partial charge in [0.1, 0.15) is 15.7 Å². The highest BCUT2D eigenvalue weighted by Gasteiger charge is 2.20. The van der Waals surface area contributed by atoms with E-state index in [2.05, 4.69) is 14.9 Å². The molecular formula is C16H15N3O4S2. The maximum absolute atomic E-state index is 12.6. The summed E-state index contributed by atoms with van der Waals surface area (Å²) in [6.45, 7) is 1.86. The van der Waals surface area contributed by atoms with Crippen LogP contribution < -0.4 is 15.0 Å². The van der Waals surface area contributed by atoms with E-state index in [1.807, 2.05) is 13.0 Å². The number of aromatic amines is 1. The van der Waals surface area contributed by atoms with Gasteiger partial charge in [-0.3, -0.25) is 9.52 Å². The first-order valence-electron chi connectivity index (χ1n) is 7.22. The van der Waals surface area contributed by atoms with Gasteiger partial charge in [0.2, 0.25) is 0 Å². The lowest BCUT2D eigenvalue weighted by Gasteiger charge is -2.11. The summed E-state index contributed by atoms with van der Waals surface area (Å²) in [5, 5.41) is 6.23. The monoisotopic (exact) mass is 377 g/mol. The lowest BCUT2D eigenvalue weighted by Crippen LogP contribution is -2.12. The van der Waals surface area contributed by atoms with Gasteiger partial charge in [-0.25, -0.2) is 13.5 Å². The van der Waals surface area contributed by atoms with Crippen LogP contribution in [0.15, 0.2) is 51.5 Å². The number of ether oxygens (including phenoxy) is 1. The summed E-state index contributed by atoms with van der Waals surface area (Å²) >= 11 is 1.06. The van der Waals surface area contributed by atoms with Crippen LogP contribution in [0.2, 0.25) is 0 Å². The molecule has 0 aliphatic rings. The zero-order valence-corrected chi connectivity index (χ0v) is 15.1. The Morgan fingerprint density at radius 1 is 1.16 bits per heavy atom. The first-order valence-corrected chi connectivity index (χ1v) is 9.52. The molecule has 0 fully saturated rings. The van der Waals surface area contributed by atoms with Crippen molar-refractivity contribution in [1.82, 2.24) is 10.2 Å². The van der Waals surface area contributed by atoms with E-state index in [9.17, 15) is 13.2 Å². The molecule has 25 heavy (non-hydrogen) atoms. The molecule has 0 aliphatic heterocycles. The summed E-state index contributed by atoms with van der Waals surface area (Å²) in [5.74, 6) is 0.438. The molecule has 7 nitrogen and oxygen atoms in total. The van der Waals surface area contributed by atoms with Crippen LogP contribution in [0.5, 0.6) is 5.75 Å². The fraction of sp³-hybridized carbons (Fsp3) is 0.125. The molecule has 0 radical (unpaired) electrons. The average molecular weight is 377 g/mol. The molecular weight excluding hydrogens is 362 g/mol. The van der Waals surface area contributed by atoms with E-state index in [1.54, 1.807) is 18.2 Å². The van der Waals surface area contributed by atoms with Crippen LogP contribution in [0.3, 0.4) is 0 Å². The number of aryl methyl sites for hydroxylation is 1. The molecule has 0 unspecified atom stereocenters. The summed E-state index contributed by atoms with van der Waals surface area (Å²) in [4.78, 5) is 11.7. The van der Waals surface area contributed by atoms with Crippen molar-refractivity contribution in [2.24, 2.45) is 0 Å². The van der Waals surface area contributed by atoms with Crippen molar-refractivity contribution in [3.8, 4) is 16.3 Å². The Labute approximate surface area is 148 Å². The van der Waals surface area contributed by atoms with Gasteiger partial charge in [-0.15, -0.1) is 11.3 Å². The lowest BCUT2D eigenvalue weighted by molar-refractivity contribution is 0.417. The summed E-state index contributed by atoms with van der Waals surface area (Å²) in [5.41, 5.74) is 1.46. The third kappa shape index (κ3) is 3.72. The molecule has 2 aromatic heterocycles. The number of benzene rings is 1. The van der Waals surface area contributed by atoms with Crippen LogP contribution in [-0.2, 0) is 10.0 Å². The van der Waals surface area contributed by atoms with Gasteiger partial charge in [0.05, 0.1) is 17.7 Å². The van der Waals surface area contributed by atoms with E-state index in [0.717, 1.165) is 16.9 Å². The van der Waals surface area contributed by atoms with Crippen molar-refractivity contribution in [2.75, 3.05) is 11.8 Å². The smallest absolute Gasteiger partial charge is 0.271 e. The van der Waals surface area contributed by atoms with Gasteiger partial charge in [-0.2, -0.15) is 5.10 Å². The topological polar surface area (TPSA) is 101 Å². The number of sulfonamides is 1. The molecule has 0 spiro atoms. The van der Waals surface area contributed by atoms with Gasteiger partial charge in [0, 0.05) is 6.07 Å². The summed E-state index contributed by atoms with van der Waals surface area (Å²) in [6, 6.07) is 11.3. The van der Waals surface area contributed by atoms with Crippen LogP contribution >= 0.6 is 11.3 Å². The van der Waals surface area contributed by atoms with Crippen molar-refractivity contribution >= 4 is 27.0 Å². The van der Waals surface area contributed by atoms with Crippen LogP contribution in [0.4, 0.5) is 5.69 Å². The van der Waals surface area contributed by atoms with Crippen LogP contribution in [0.25, 0.3) is 10.6 Å². The predicted molar refractivity (Wildman–Crippen MR) is 96.7 cm³/mol. The summed E-state index contributed by atoms with van der Waals surface area (Å²) < 4.78 is 33.2. The van der Waals surface area contributed by atoms with Gasteiger partial charge < -0.3 is 4.74 Å². The molecule has 0 saturated heterocycles. The highest BCUT2D eigenvalue weighted by atomic mass is 32.2. The van der Waals surface area contributed by atoms with Gasteiger partial charge in [-0.1, -0.05) is 6.07 Å². The van der Waals surface area contributed by atoms with E-state index < -0.39 is 10.0 Å². The Hall–Kier alpha value is -2.65. The average Bonchev–Trinajstić information content (AvgIpc) is 3.06. The Morgan fingerprint density at radius 2 is 1.96 bits per heavy atom. The van der Waals surface area contributed by atoms with Crippen molar-refractivity contribution in [1.29, 1.82) is 0 Å². The fourth-order valence-electron chi connectivity index (χ4n) is 2.18. The Morgan fingerprint density at radius 3 is 2.64 bits per heavy atom. The van der Waals surface area contributed by atoms with E-state index in [4.69, 9.17) is 4.74 Å². The number of aromatic nitrogens is 2. The SMILES string of the molecule is COc1ccc(C)cc1NS(=O)(=O)c1ccc(-c2ccc(=O)[nH]n2)s1. The number of anilines is 1. The highest BCUT2D eigenvalue weighted by molar-refractivity contribution is 7.94. The lowest BCUT2D eigenvalue weighted by atomic mass is 10.2. The molecule has 3 rings (SSSR count). The van der Waals surface area contributed by atoms with Crippen molar-refractivity contribution in [2.45, 2.75) is 11.1 Å². The number of methoxy groups -OCH3 is 1. The largest absolute Gasteiger partial charge is 0.495 e. The van der Waals surface area contributed by atoms with Gasteiger partial charge >= 0.3 is 0 Å². The first kappa shape index (κ1) is 17.2. The minimum Gasteiger partial charge on any atom is -0.495 e. The van der Waals surface area contributed by atoms with Gasteiger partial charge in [0.25, 0.3) is 15.6 Å². The highest BCUT2D eigenvalue weighted by Crippen LogP contribution is 2.32. The minimum atomic E-state index is -3.77. The second-order valence-electron chi connectivity index (χ2n) is 5.23. The number of rotatable bonds is 5. The number of nitrogens with zero attached hydrogens (tertiary/aromatic N) is 1. The third-order valence-electron chi connectivity index (χ3n) is 3.38. The Bertz CT molecular complexity index is 1050. The number of hydrogen-bond donors (Lipinski definition) is 2. The van der Waals surface area contributed by atoms with E-state index in [0.29, 0.717) is 22.0 Å². The summed E-state index contributed by atoms with van der Waals surface area (Å²) in [7, 11) is -2.29.